The van der Waals surface area contributed by atoms with Crippen molar-refractivity contribution in [2.24, 2.45) is 5.92 Å². The molecular formula is C21H24N4O4S. The Bertz CT molecular complexity index is 1150. The fourth-order valence-electron chi connectivity index (χ4n) is 3.21. The molecule has 30 heavy (non-hydrogen) atoms. The van der Waals surface area contributed by atoms with Crippen LogP contribution in [0.5, 0.6) is 11.5 Å². The first-order valence-electron chi connectivity index (χ1n) is 9.83. The Hall–Kier alpha value is -2.94. The zero-order chi connectivity index (χ0) is 21.3. The van der Waals surface area contributed by atoms with Gasteiger partial charge in [-0.05, 0) is 37.5 Å². The summed E-state index contributed by atoms with van der Waals surface area (Å²) in [6.07, 6.45) is 0.851. The molecule has 0 spiro atoms. The lowest BCUT2D eigenvalue weighted by Crippen LogP contribution is -2.25. The van der Waals surface area contributed by atoms with Crippen LogP contribution in [-0.2, 0) is 11.3 Å². The van der Waals surface area contributed by atoms with Gasteiger partial charge in [-0.3, -0.25) is 14.2 Å². The molecule has 0 unspecified atom stereocenters. The SMILES string of the molecule is Cc1cc2nc(SCC(=O)Nc3ccc4c(c3)OCO4)n(CCC(C)C)c(=O)c2[nH]1. The second kappa shape index (κ2) is 8.43. The van der Waals surface area contributed by atoms with E-state index in [1.54, 1.807) is 22.8 Å². The largest absolute Gasteiger partial charge is 0.454 e. The van der Waals surface area contributed by atoms with Crippen LogP contribution >= 0.6 is 11.8 Å². The third kappa shape index (κ3) is 4.30. The van der Waals surface area contributed by atoms with Crippen LogP contribution in [0.2, 0.25) is 0 Å². The van der Waals surface area contributed by atoms with Gasteiger partial charge in [-0.2, -0.15) is 0 Å². The predicted molar refractivity (Wildman–Crippen MR) is 116 cm³/mol. The number of ether oxygens (including phenoxy) is 2. The van der Waals surface area contributed by atoms with Crippen LogP contribution in [0.3, 0.4) is 0 Å². The number of fused-ring (bicyclic) bond motifs is 2. The summed E-state index contributed by atoms with van der Waals surface area (Å²) in [7, 11) is 0. The molecular weight excluding hydrogens is 404 g/mol. The number of carbonyl (C=O) groups is 1. The molecule has 1 aromatic carbocycles. The molecule has 0 saturated carbocycles. The number of thioether (sulfide) groups is 1. The number of H-pyrrole nitrogens is 1. The molecule has 0 fully saturated rings. The minimum Gasteiger partial charge on any atom is -0.454 e. The fraction of sp³-hybridized carbons (Fsp3) is 0.381. The van der Waals surface area contributed by atoms with Gasteiger partial charge >= 0.3 is 0 Å². The van der Waals surface area contributed by atoms with E-state index in [9.17, 15) is 9.59 Å². The number of rotatable bonds is 7. The predicted octanol–water partition coefficient (Wildman–Crippen LogP) is 3.54. The van der Waals surface area contributed by atoms with Crippen molar-refractivity contribution in [2.75, 3.05) is 17.9 Å². The normalized spacial score (nSPS) is 12.7. The number of benzene rings is 1. The lowest BCUT2D eigenvalue weighted by molar-refractivity contribution is -0.113. The summed E-state index contributed by atoms with van der Waals surface area (Å²) in [5, 5.41) is 3.40. The van der Waals surface area contributed by atoms with Crippen LogP contribution in [0.25, 0.3) is 11.0 Å². The first kappa shape index (κ1) is 20.3. The van der Waals surface area contributed by atoms with Gasteiger partial charge in [-0.15, -0.1) is 0 Å². The molecule has 3 heterocycles. The summed E-state index contributed by atoms with van der Waals surface area (Å²) in [5.41, 5.74) is 2.54. The Morgan fingerprint density at radius 1 is 1.30 bits per heavy atom. The first-order valence-corrected chi connectivity index (χ1v) is 10.8. The molecule has 0 saturated heterocycles. The second-order valence-electron chi connectivity index (χ2n) is 7.65. The molecule has 1 amide bonds. The van der Waals surface area contributed by atoms with Crippen molar-refractivity contribution in [3.05, 3.63) is 40.3 Å². The molecule has 4 rings (SSSR count). The minimum absolute atomic E-state index is 0.104. The molecule has 1 aliphatic heterocycles. The quantitative estimate of drug-likeness (QED) is 0.441. The van der Waals surface area contributed by atoms with Crippen molar-refractivity contribution < 1.29 is 14.3 Å². The van der Waals surface area contributed by atoms with Gasteiger partial charge in [0.2, 0.25) is 12.7 Å². The monoisotopic (exact) mass is 428 g/mol. The Labute approximate surface area is 178 Å². The number of amides is 1. The van der Waals surface area contributed by atoms with Gasteiger partial charge in [0.1, 0.15) is 5.52 Å². The van der Waals surface area contributed by atoms with Gasteiger partial charge in [0, 0.05) is 24.0 Å². The fourth-order valence-corrected chi connectivity index (χ4v) is 4.03. The molecule has 3 aromatic rings. The van der Waals surface area contributed by atoms with E-state index in [1.165, 1.54) is 11.8 Å². The molecule has 158 valence electrons. The highest BCUT2D eigenvalue weighted by molar-refractivity contribution is 7.99. The molecule has 0 aliphatic carbocycles. The van der Waals surface area contributed by atoms with E-state index in [0.717, 1.165) is 12.1 Å². The van der Waals surface area contributed by atoms with E-state index in [2.05, 4.69) is 29.1 Å². The van der Waals surface area contributed by atoms with Gasteiger partial charge in [-0.25, -0.2) is 4.98 Å². The maximum Gasteiger partial charge on any atom is 0.278 e. The molecule has 2 aromatic heterocycles. The highest BCUT2D eigenvalue weighted by Gasteiger charge is 2.17. The molecule has 2 N–H and O–H groups in total. The standard InChI is InChI=1S/C21H24N4O4S/c1-12(2)6-7-25-20(27)19-15(8-13(3)22-19)24-21(25)30-10-18(26)23-14-4-5-16-17(9-14)29-11-28-16/h4-5,8-9,12,22H,6-7,10-11H2,1-3H3,(H,23,26). The molecule has 8 nitrogen and oxygen atoms in total. The van der Waals surface area contributed by atoms with Gasteiger partial charge in [0.15, 0.2) is 16.7 Å². The van der Waals surface area contributed by atoms with Crippen molar-refractivity contribution in [1.82, 2.24) is 14.5 Å². The van der Waals surface area contributed by atoms with Crippen molar-refractivity contribution in [1.29, 1.82) is 0 Å². The van der Waals surface area contributed by atoms with Gasteiger partial charge in [0.05, 0.1) is 11.3 Å². The molecule has 0 radical (unpaired) electrons. The van der Waals surface area contributed by atoms with Crippen molar-refractivity contribution in [3.63, 3.8) is 0 Å². The molecule has 0 atom stereocenters. The van der Waals surface area contributed by atoms with Crippen LogP contribution in [0.4, 0.5) is 5.69 Å². The van der Waals surface area contributed by atoms with Crippen molar-refractivity contribution >= 4 is 34.4 Å². The van der Waals surface area contributed by atoms with E-state index in [0.29, 0.717) is 45.8 Å². The number of hydrogen-bond donors (Lipinski definition) is 2. The topological polar surface area (TPSA) is 98.2 Å². The molecule has 1 aliphatic rings. The lowest BCUT2D eigenvalue weighted by atomic mass is 10.1. The zero-order valence-corrected chi connectivity index (χ0v) is 18.0. The van der Waals surface area contributed by atoms with E-state index >= 15 is 0 Å². The molecule has 9 heteroatoms. The van der Waals surface area contributed by atoms with Crippen LogP contribution in [0.1, 0.15) is 26.0 Å². The number of nitrogens with one attached hydrogen (secondary N) is 2. The van der Waals surface area contributed by atoms with E-state index in [1.807, 2.05) is 13.0 Å². The first-order chi connectivity index (χ1) is 14.4. The summed E-state index contributed by atoms with van der Waals surface area (Å²) in [6, 6.07) is 7.11. The Morgan fingerprint density at radius 3 is 2.90 bits per heavy atom. The average molecular weight is 429 g/mol. The number of carbonyl (C=O) groups excluding carboxylic acids is 1. The third-order valence-electron chi connectivity index (χ3n) is 4.76. The van der Waals surface area contributed by atoms with Crippen LogP contribution in [0.15, 0.2) is 34.2 Å². The Balaban J connectivity index is 1.51. The summed E-state index contributed by atoms with van der Waals surface area (Å²) >= 11 is 1.26. The zero-order valence-electron chi connectivity index (χ0n) is 17.2. The van der Waals surface area contributed by atoms with Crippen LogP contribution in [0, 0.1) is 12.8 Å². The number of aromatic nitrogens is 3. The summed E-state index contributed by atoms with van der Waals surface area (Å²) in [4.78, 5) is 33.2. The Morgan fingerprint density at radius 2 is 2.10 bits per heavy atom. The lowest BCUT2D eigenvalue weighted by Gasteiger charge is -2.13. The van der Waals surface area contributed by atoms with Crippen molar-refractivity contribution in [3.8, 4) is 11.5 Å². The summed E-state index contributed by atoms with van der Waals surface area (Å²) in [5.74, 6) is 1.67. The van der Waals surface area contributed by atoms with E-state index < -0.39 is 0 Å². The number of aryl methyl sites for hydroxylation is 1. The number of anilines is 1. The smallest absolute Gasteiger partial charge is 0.278 e. The number of aromatic amines is 1. The third-order valence-corrected chi connectivity index (χ3v) is 5.73. The summed E-state index contributed by atoms with van der Waals surface area (Å²) < 4.78 is 12.3. The summed E-state index contributed by atoms with van der Waals surface area (Å²) in [6.45, 7) is 6.86. The van der Waals surface area contributed by atoms with Gasteiger partial charge in [-0.1, -0.05) is 25.6 Å². The van der Waals surface area contributed by atoms with Crippen molar-refractivity contribution in [2.45, 2.75) is 38.9 Å². The highest BCUT2D eigenvalue weighted by atomic mass is 32.2. The Kier molecular flexibility index (Phi) is 5.72. The second-order valence-corrected chi connectivity index (χ2v) is 8.59. The average Bonchev–Trinajstić information content (AvgIpc) is 3.31. The van der Waals surface area contributed by atoms with Gasteiger partial charge < -0.3 is 19.8 Å². The minimum atomic E-state index is -0.186. The van der Waals surface area contributed by atoms with E-state index in [4.69, 9.17) is 9.47 Å². The maximum absolute atomic E-state index is 13.0. The van der Waals surface area contributed by atoms with Crippen LogP contribution < -0.4 is 20.3 Å². The van der Waals surface area contributed by atoms with E-state index in [-0.39, 0.29) is 24.0 Å². The number of nitrogens with zero attached hydrogens (tertiary/aromatic N) is 2. The molecule has 0 bridgehead atoms. The highest BCUT2D eigenvalue weighted by Crippen LogP contribution is 2.34. The van der Waals surface area contributed by atoms with Gasteiger partial charge in [0.25, 0.3) is 5.56 Å². The van der Waals surface area contributed by atoms with Crippen LogP contribution in [-0.4, -0.2) is 33.0 Å². The maximum atomic E-state index is 13.0. The number of hydrogen-bond acceptors (Lipinski definition) is 6.